The minimum absolute atomic E-state index is 0.465. The Morgan fingerprint density at radius 1 is 1.31 bits per heavy atom. The van der Waals surface area contributed by atoms with E-state index in [9.17, 15) is 0 Å². The highest BCUT2D eigenvalue weighted by Gasteiger charge is 2.06. The van der Waals surface area contributed by atoms with Crippen LogP contribution in [0.5, 0.6) is 0 Å². The highest BCUT2D eigenvalue weighted by Crippen LogP contribution is 2.24. The van der Waals surface area contributed by atoms with Gasteiger partial charge in [-0.2, -0.15) is 5.10 Å². The number of nitrogen functional groups attached to an aromatic ring is 1. The van der Waals surface area contributed by atoms with E-state index in [1.165, 1.54) is 6.20 Å². The molecular formula is C10H8BrCl2N3. The lowest BCUT2D eigenvalue weighted by atomic mass is 10.2. The molecule has 0 radical (unpaired) electrons. The van der Waals surface area contributed by atoms with Crippen LogP contribution in [0, 0.1) is 0 Å². The second-order valence-corrected chi connectivity index (χ2v) is 4.95. The third-order valence-electron chi connectivity index (χ3n) is 2.15. The van der Waals surface area contributed by atoms with Gasteiger partial charge < -0.3 is 5.73 Å². The molecule has 1 aromatic heterocycles. The fourth-order valence-electron chi connectivity index (χ4n) is 1.31. The first kappa shape index (κ1) is 11.8. The van der Waals surface area contributed by atoms with Gasteiger partial charge >= 0.3 is 0 Å². The van der Waals surface area contributed by atoms with E-state index in [2.05, 4.69) is 21.0 Å². The van der Waals surface area contributed by atoms with Crippen molar-refractivity contribution >= 4 is 44.9 Å². The summed E-state index contributed by atoms with van der Waals surface area (Å²) in [4.78, 5) is 0. The van der Waals surface area contributed by atoms with E-state index < -0.39 is 0 Å². The average Bonchev–Trinajstić information content (AvgIpc) is 2.55. The second-order valence-electron chi connectivity index (χ2n) is 3.28. The summed E-state index contributed by atoms with van der Waals surface area (Å²) in [5.74, 6) is 0.465. The lowest BCUT2D eigenvalue weighted by Crippen LogP contribution is -2.05. The molecule has 6 heteroatoms. The van der Waals surface area contributed by atoms with Crippen molar-refractivity contribution in [1.29, 1.82) is 0 Å². The zero-order valence-electron chi connectivity index (χ0n) is 8.12. The summed E-state index contributed by atoms with van der Waals surface area (Å²) in [5.41, 5.74) is 6.79. The Balaban J connectivity index is 2.27. The zero-order chi connectivity index (χ0) is 11.7. The molecule has 0 bridgehead atoms. The maximum Gasteiger partial charge on any atom is 0.140 e. The third kappa shape index (κ3) is 2.34. The minimum Gasteiger partial charge on any atom is -0.383 e. The largest absolute Gasteiger partial charge is 0.383 e. The van der Waals surface area contributed by atoms with Crippen LogP contribution < -0.4 is 5.73 Å². The van der Waals surface area contributed by atoms with E-state index in [4.69, 9.17) is 28.9 Å². The summed E-state index contributed by atoms with van der Waals surface area (Å²) in [5, 5.41) is 5.22. The third-order valence-corrected chi connectivity index (χ3v) is 3.65. The summed E-state index contributed by atoms with van der Waals surface area (Å²) in [6.45, 7) is 0.564. The molecule has 0 aliphatic carbocycles. The first-order chi connectivity index (χ1) is 7.58. The van der Waals surface area contributed by atoms with Gasteiger partial charge in [-0.05, 0) is 33.6 Å². The van der Waals surface area contributed by atoms with Crippen molar-refractivity contribution in [3.05, 3.63) is 44.5 Å². The number of anilines is 1. The summed E-state index contributed by atoms with van der Waals surface area (Å²) >= 11 is 15.1. The Labute approximate surface area is 111 Å². The van der Waals surface area contributed by atoms with Gasteiger partial charge in [0.2, 0.25) is 0 Å². The summed E-state index contributed by atoms with van der Waals surface area (Å²) in [6, 6.07) is 5.67. The van der Waals surface area contributed by atoms with Gasteiger partial charge in [0, 0.05) is 4.47 Å². The highest BCUT2D eigenvalue weighted by atomic mass is 79.9. The van der Waals surface area contributed by atoms with Gasteiger partial charge in [0.25, 0.3) is 0 Å². The molecule has 2 rings (SSSR count). The molecule has 1 heterocycles. The number of aromatic nitrogens is 2. The van der Waals surface area contributed by atoms with Gasteiger partial charge in [0.15, 0.2) is 0 Å². The fourth-order valence-corrected chi connectivity index (χ4v) is 1.99. The average molecular weight is 321 g/mol. The van der Waals surface area contributed by atoms with Crippen molar-refractivity contribution in [1.82, 2.24) is 9.78 Å². The molecule has 0 unspecified atom stereocenters. The standard InChI is InChI=1S/C10H8BrCl2N3/c11-7-3-6(1-2-8(7)12)5-16-10(14)9(13)4-15-16/h1-4H,5,14H2. The van der Waals surface area contributed by atoms with Gasteiger partial charge in [-0.15, -0.1) is 0 Å². The molecule has 0 fully saturated rings. The molecule has 1 aromatic carbocycles. The molecule has 3 nitrogen and oxygen atoms in total. The first-order valence-corrected chi connectivity index (χ1v) is 6.03. The predicted molar refractivity (Wildman–Crippen MR) is 69.9 cm³/mol. The lowest BCUT2D eigenvalue weighted by Gasteiger charge is -2.05. The van der Waals surface area contributed by atoms with E-state index in [1.807, 2.05) is 18.2 Å². The van der Waals surface area contributed by atoms with Crippen LogP contribution in [0.2, 0.25) is 10.0 Å². The number of halogens is 3. The van der Waals surface area contributed by atoms with Crippen molar-refractivity contribution < 1.29 is 0 Å². The van der Waals surface area contributed by atoms with Crippen molar-refractivity contribution in [2.75, 3.05) is 5.73 Å². The molecule has 0 amide bonds. The van der Waals surface area contributed by atoms with Crippen molar-refractivity contribution in [2.24, 2.45) is 0 Å². The smallest absolute Gasteiger partial charge is 0.140 e. The molecule has 0 saturated heterocycles. The van der Waals surface area contributed by atoms with Crippen LogP contribution in [-0.2, 0) is 6.54 Å². The molecule has 2 aromatic rings. The number of hydrogen-bond donors (Lipinski definition) is 1. The SMILES string of the molecule is Nc1c(Cl)cnn1Cc1ccc(Cl)c(Br)c1. The van der Waals surface area contributed by atoms with E-state index in [0.717, 1.165) is 10.0 Å². The fraction of sp³-hybridized carbons (Fsp3) is 0.100. The normalized spacial score (nSPS) is 10.7. The van der Waals surface area contributed by atoms with Crippen molar-refractivity contribution in [3.8, 4) is 0 Å². The molecule has 84 valence electrons. The number of hydrogen-bond acceptors (Lipinski definition) is 2. The van der Waals surface area contributed by atoms with Crippen LogP contribution in [0.25, 0.3) is 0 Å². The topological polar surface area (TPSA) is 43.8 Å². The van der Waals surface area contributed by atoms with Gasteiger partial charge in [0.05, 0.1) is 17.8 Å². The molecule has 0 aliphatic rings. The van der Waals surface area contributed by atoms with E-state index in [0.29, 0.717) is 22.4 Å². The van der Waals surface area contributed by atoms with Gasteiger partial charge in [0.1, 0.15) is 10.8 Å². The maximum atomic E-state index is 5.90. The van der Waals surface area contributed by atoms with Gasteiger partial charge in [-0.25, -0.2) is 4.68 Å². The van der Waals surface area contributed by atoms with Crippen molar-refractivity contribution in [2.45, 2.75) is 6.54 Å². The van der Waals surface area contributed by atoms with E-state index >= 15 is 0 Å². The Kier molecular flexibility index (Phi) is 3.42. The van der Waals surface area contributed by atoms with Crippen LogP contribution >= 0.6 is 39.1 Å². The molecule has 16 heavy (non-hydrogen) atoms. The molecule has 0 spiro atoms. The van der Waals surface area contributed by atoms with E-state index in [-0.39, 0.29) is 0 Å². The van der Waals surface area contributed by atoms with Crippen LogP contribution in [0.4, 0.5) is 5.82 Å². The Bertz CT molecular complexity index is 525. The lowest BCUT2D eigenvalue weighted by molar-refractivity contribution is 0.697. The second kappa shape index (κ2) is 4.65. The Morgan fingerprint density at radius 2 is 2.06 bits per heavy atom. The highest BCUT2D eigenvalue weighted by molar-refractivity contribution is 9.10. The zero-order valence-corrected chi connectivity index (χ0v) is 11.2. The number of benzene rings is 1. The predicted octanol–water partition coefficient (Wildman–Crippen LogP) is 3.58. The van der Waals surface area contributed by atoms with Crippen LogP contribution in [-0.4, -0.2) is 9.78 Å². The summed E-state index contributed by atoms with van der Waals surface area (Å²) in [7, 11) is 0. The molecular weight excluding hydrogens is 313 g/mol. The van der Waals surface area contributed by atoms with Gasteiger partial charge in [-0.1, -0.05) is 29.3 Å². The summed E-state index contributed by atoms with van der Waals surface area (Å²) < 4.78 is 2.49. The van der Waals surface area contributed by atoms with Crippen molar-refractivity contribution in [3.63, 3.8) is 0 Å². The quantitative estimate of drug-likeness (QED) is 0.919. The minimum atomic E-state index is 0.465. The summed E-state index contributed by atoms with van der Waals surface area (Å²) in [6.07, 6.45) is 1.53. The Morgan fingerprint density at radius 3 is 2.62 bits per heavy atom. The van der Waals surface area contributed by atoms with E-state index in [1.54, 1.807) is 4.68 Å². The molecule has 0 aliphatic heterocycles. The first-order valence-electron chi connectivity index (χ1n) is 4.48. The number of rotatable bonds is 2. The maximum absolute atomic E-state index is 5.90. The Hall–Kier alpha value is -0.710. The number of nitrogens with zero attached hydrogens (tertiary/aromatic N) is 2. The van der Waals surface area contributed by atoms with Crippen LogP contribution in [0.15, 0.2) is 28.9 Å². The molecule has 0 saturated carbocycles. The van der Waals surface area contributed by atoms with Crippen LogP contribution in [0.3, 0.4) is 0 Å². The molecule has 0 atom stereocenters. The molecule has 2 N–H and O–H groups in total. The van der Waals surface area contributed by atoms with Crippen LogP contribution in [0.1, 0.15) is 5.56 Å². The monoisotopic (exact) mass is 319 g/mol. The number of nitrogens with two attached hydrogens (primary N) is 1. The van der Waals surface area contributed by atoms with Gasteiger partial charge in [-0.3, -0.25) is 0 Å².